The van der Waals surface area contributed by atoms with E-state index in [1.807, 2.05) is 57.2 Å². The van der Waals surface area contributed by atoms with Crippen LogP contribution in [0.15, 0.2) is 58.4 Å². The molecular formula is C23H32N4O3S. The van der Waals surface area contributed by atoms with Gasteiger partial charge in [0, 0.05) is 31.7 Å². The molecule has 3 rings (SSSR count). The van der Waals surface area contributed by atoms with Crippen LogP contribution in [-0.2, 0) is 23.1 Å². The van der Waals surface area contributed by atoms with E-state index in [1.165, 1.54) is 0 Å². The van der Waals surface area contributed by atoms with Gasteiger partial charge in [-0.05, 0) is 57.4 Å². The fourth-order valence-corrected chi connectivity index (χ4v) is 4.24. The van der Waals surface area contributed by atoms with Crippen molar-refractivity contribution < 1.29 is 13.2 Å². The molecule has 2 aromatic rings. The van der Waals surface area contributed by atoms with Crippen LogP contribution in [0.3, 0.4) is 0 Å². The highest BCUT2D eigenvalue weighted by Crippen LogP contribution is 2.23. The number of hydrogen-bond donors (Lipinski definition) is 3. The fourth-order valence-electron chi connectivity index (χ4n) is 2.94. The van der Waals surface area contributed by atoms with Crippen molar-refractivity contribution in [3.05, 3.63) is 59.7 Å². The van der Waals surface area contributed by atoms with E-state index in [9.17, 15) is 8.42 Å². The summed E-state index contributed by atoms with van der Waals surface area (Å²) in [6.45, 7) is 7.16. The van der Waals surface area contributed by atoms with Crippen molar-refractivity contribution in [1.82, 2.24) is 15.4 Å². The zero-order valence-corrected chi connectivity index (χ0v) is 19.4. The van der Waals surface area contributed by atoms with E-state index >= 15 is 0 Å². The van der Waals surface area contributed by atoms with Gasteiger partial charge in [0.15, 0.2) is 5.96 Å². The van der Waals surface area contributed by atoms with E-state index in [0.717, 1.165) is 29.7 Å². The molecule has 7 nitrogen and oxygen atoms in total. The maximum Gasteiger partial charge on any atom is 0.240 e. The second-order valence-electron chi connectivity index (χ2n) is 8.64. The Morgan fingerprint density at radius 2 is 1.68 bits per heavy atom. The Morgan fingerprint density at radius 3 is 2.29 bits per heavy atom. The number of rotatable bonds is 8. The Morgan fingerprint density at radius 1 is 1.03 bits per heavy atom. The molecule has 0 unspecified atom stereocenters. The summed E-state index contributed by atoms with van der Waals surface area (Å²) in [5.41, 5.74) is 1.73. The molecule has 8 heteroatoms. The standard InChI is InChI=1S/C23H32N4O3S/c1-23(2,3)30-21-8-6-5-7-18(21)16-26-22(24-4)25-15-17-9-13-20(14-10-17)31(28,29)27-19-11-12-19/h5-10,13-14,19,27H,11-12,15-16H2,1-4H3,(H2,24,25,26). The number of nitrogens with zero attached hydrogens (tertiary/aromatic N) is 1. The maximum absolute atomic E-state index is 12.3. The van der Waals surface area contributed by atoms with Crippen molar-refractivity contribution >= 4 is 16.0 Å². The van der Waals surface area contributed by atoms with Gasteiger partial charge < -0.3 is 15.4 Å². The molecule has 0 aliphatic heterocycles. The summed E-state index contributed by atoms with van der Waals surface area (Å²) in [5, 5.41) is 6.56. The summed E-state index contributed by atoms with van der Waals surface area (Å²) >= 11 is 0. The van der Waals surface area contributed by atoms with E-state index in [1.54, 1.807) is 19.2 Å². The SMILES string of the molecule is CN=C(NCc1ccc(S(=O)(=O)NC2CC2)cc1)NCc1ccccc1OC(C)(C)C. The lowest BCUT2D eigenvalue weighted by atomic mass is 10.1. The molecule has 1 aliphatic carbocycles. The van der Waals surface area contributed by atoms with Crippen LogP contribution in [0.2, 0.25) is 0 Å². The van der Waals surface area contributed by atoms with Crippen LogP contribution in [0, 0.1) is 0 Å². The zero-order valence-electron chi connectivity index (χ0n) is 18.6. The van der Waals surface area contributed by atoms with Gasteiger partial charge in [-0.25, -0.2) is 13.1 Å². The monoisotopic (exact) mass is 444 g/mol. The Kier molecular flexibility index (Phi) is 7.23. The largest absolute Gasteiger partial charge is 0.488 e. The minimum atomic E-state index is -3.42. The fraction of sp³-hybridized carbons (Fsp3) is 0.435. The maximum atomic E-state index is 12.3. The number of para-hydroxylation sites is 1. The third-order valence-corrected chi connectivity index (χ3v) is 6.19. The number of aliphatic imine (C=N–C) groups is 1. The second-order valence-corrected chi connectivity index (χ2v) is 10.4. The molecule has 31 heavy (non-hydrogen) atoms. The number of guanidine groups is 1. The van der Waals surface area contributed by atoms with Crippen molar-refractivity contribution in [2.24, 2.45) is 4.99 Å². The van der Waals surface area contributed by atoms with Crippen LogP contribution >= 0.6 is 0 Å². The van der Waals surface area contributed by atoms with E-state index in [2.05, 4.69) is 20.3 Å². The van der Waals surface area contributed by atoms with Crippen LogP contribution in [0.25, 0.3) is 0 Å². The van der Waals surface area contributed by atoms with Gasteiger partial charge in [-0.2, -0.15) is 0 Å². The summed E-state index contributed by atoms with van der Waals surface area (Å²) in [7, 11) is -1.71. The van der Waals surface area contributed by atoms with Gasteiger partial charge in [-0.15, -0.1) is 0 Å². The first-order valence-corrected chi connectivity index (χ1v) is 12.0. The van der Waals surface area contributed by atoms with Gasteiger partial charge in [-0.1, -0.05) is 30.3 Å². The van der Waals surface area contributed by atoms with E-state index in [-0.39, 0.29) is 11.6 Å². The summed E-state index contributed by atoms with van der Waals surface area (Å²) in [6.07, 6.45) is 1.83. The third-order valence-electron chi connectivity index (χ3n) is 4.65. The van der Waals surface area contributed by atoms with Gasteiger partial charge in [0.2, 0.25) is 10.0 Å². The van der Waals surface area contributed by atoms with Crippen molar-refractivity contribution in [3.8, 4) is 5.75 Å². The lowest BCUT2D eigenvalue weighted by Gasteiger charge is -2.23. The van der Waals surface area contributed by atoms with E-state index in [4.69, 9.17) is 4.74 Å². The Labute approximate surface area is 185 Å². The van der Waals surface area contributed by atoms with Crippen molar-refractivity contribution in [2.75, 3.05) is 7.05 Å². The van der Waals surface area contributed by atoms with Crippen LogP contribution in [0.4, 0.5) is 0 Å². The molecule has 0 spiro atoms. The molecule has 0 radical (unpaired) electrons. The summed E-state index contributed by atoms with van der Waals surface area (Å²) in [4.78, 5) is 4.56. The number of sulfonamides is 1. The van der Waals surface area contributed by atoms with E-state index in [0.29, 0.717) is 23.9 Å². The number of hydrogen-bond acceptors (Lipinski definition) is 4. The van der Waals surface area contributed by atoms with Gasteiger partial charge in [-0.3, -0.25) is 4.99 Å². The number of ether oxygens (including phenoxy) is 1. The second kappa shape index (κ2) is 9.70. The average molecular weight is 445 g/mol. The van der Waals surface area contributed by atoms with Gasteiger partial charge in [0.05, 0.1) is 4.90 Å². The minimum Gasteiger partial charge on any atom is -0.488 e. The van der Waals surface area contributed by atoms with Crippen molar-refractivity contribution in [2.45, 2.75) is 63.2 Å². The number of benzene rings is 2. The van der Waals surface area contributed by atoms with E-state index < -0.39 is 10.0 Å². The predicted molar refractivity (Wildman–Crippen MR) is 124 cm³/mol. The van der Waals surface area contributed by atoms with Gasteiger partial charge in [0.25, 0.3) is 0 Å². The summed E-state index contributed by atoms with van der Waals surface area (Å²) < 4.78 is 33.3. The highest BCUT2D eigenvalue weighted by atomic mass is 32.2. The molecule has 0 aromatic heterocycles. The molecule has 1 saturated carbocycles. The molecule has 0 atom stereocenters. The first-order chi connectivity index (χ1) is 14.7. The lowest BCUT2D eigenvalue weighted by Crippen LogP contribution is -2.36. The molecule has 0 saturated heterocycles. The first-order valence-electron chi connectivity index (χ1n) is 10.5. The topological polar surface area (TPSA) is 91.8 Å². The Bertz CT molecular complexity index is 1010. The highest BCUT2D eigenvalue weighted by Gasteiger charge is 2.27. The number of nitrogens with one attached hydrogen (secondary N) is 3. The summed E-state index contributed by atoms with van der Waals surface area (Å²) in [6, 6.07) is 14.9. The van der Waals surface area contributed by atoms with Crippen LogP contribution in [0.5, 0.6) is 5.75 Å². The Hall–Kier alpha value is -2.58. The lowest BCUT2D eigenvalue weighted by molar-refractivity contribution is 0.129. The molecule has 168 valence electrons. The quantitative estimate of drug-likeness (QED) is 0.430. The minimum absolute atomic E-state index is 0.0969. The normalized spacial score (nSPS) is 14.9. The highest BCUT2D eigenvalue weighted by molar-refractivity contribution is 7.89. The molecule has 0 bridgehead atoms. The molecule has 2 aromatic carbocycles. The van der Waals surface area contributed by atoms with Crippen LogP contribution in [-0.4, -0.2) is 33.1 Å². The zero-order chi connectivity index (χ0) is 22.5. The molecular weight excluding hydrogens is 412 g/mol. The molecule has 0 heterocycles. The Balaban J connectivity index is 1.54. The van der Waals surface area contributed by atoms with Crippen LogP contribution in [0.1, 0.15) is 44.7 Å². The molecule has 1 fully saturated rings. The van der Waals surface area contributed by atoms with Crippen molar-refractivity contribution in [3.63, 3.8) is 0 Å². The molecule has 1 aliphatic rings. The van der Waals surface area contributed by atoms with Crippen LogP contribution < -0.4 is 20.1 Å². The first kappa shape index (κ1) is 23.1. The summed E-state index contributed by atoms with van der Waals surface area (Å²) in [5.74, 6) is 1.49. The smallest absolute Gasteiger partial charge is 0.240 e. The van der Waals surface area contributed by atoms with Gasteiger partial charge >= 0.3 is 0 Å². The molecule has 3 N–H and O–H groups in total. The molecule has 0 amide bonds. The third kappa shape index (κ3) is 7.25. The van der Waals surface area contributed by atoms with Crippen molar-refractivity contribution in [1.29, 1.82) is 0 Å². The predicted octanol–water partition coefficient (Wildman–Crippen LogP) is 3.17. The average Bonchev–Trinajstić information content (AvgIpc) is 3.52. The van der Waals surface area contributed by atoms with Gasteiger partial charge in [0.1, 0.15) is 11.4 Å².